The van der Waals surface area contributed by atoms with E-state index in [2.05, 4.69) is 5.32 Å². The number of benzene rings is 3. The third-order valence-corrected chi connectivity index (χ3v) is 7.25. The lowest BCUT2D eigenvalue weighted by molar-refractivity contribution is 0.596. The molecule has 0 saturated heterocycles. The highest BCUT2D eigenvalue weighted by molar-refractivity contribution is 7.91. The highest BCUT2D eigenvalue weighted by Crippen LogP contribution is 2.37. The molecule has 152 valence electrons. The van der Waals surface area contributed by atoms with Gasteiger partial charge < -0.3 is 9.88 Å². The molecule has 30 heavy (non-hydrogen) atoms. The molecule has 5 heteroatoms. The SMILES string of the molecule is Cc1c(S(=O)(=O)c2ccccc2)c(Nc2ccccc2)n(Cc2ccccc2)c1C. The minimum atomic E-state index is -3.70. The van der Waals surface area contributed by atoms with Crippen LogP contribution in [0.5, 0.6) is 0 Å². The monoisotopic (exact) mass is 416 g/mol. The molecule has 4 nitrogen and oxygen atoms in total. The van der Waals surface area contributed by atoms with E-state index in [0.29, 0.717) is 22.2 Å². The van der Waals surface area contributed by atoms with Crippen molar-refractivity contribution in [1.29, 1.82) is 0 Å². The Morgan fingerprint density at radius 3 is 1.90 bits per heavy atom. The smallest absolute Gasteiger partial charge is 0.210 e. The van der Waals surface area contributed by atoms with Crippen molar-refractivity contribution in [2.24, 2.45) is 0 Å². The number of anilines is 2. The summed E-state index contributed by atoms with van der Waals surface area (Å²) < 4.78 is 29.3. The van der Waals surface area contributed by atoms with Gasteiger partial charge in [-0.25, -0.2) is 8.42 Å². The van der Waals surface area contributed by atoms with Gasteiger partial charge in [0.2, 0.25) is 9.84 Å². The number of nitrogens with zero attached hydrogens (tertiary/aromatic N) is 1. The van der Waals surface area contributed by atoms with Crippen LogP contribution in [-0.4, -0.2) is 13.0 Å². The molecular formula is C25H24N2O2S. The molecule has 0 bridgehead atoms. The normalized spacial score (nSPS) is 11.4. The molecular weight excluding hydrogens is 392 g/mol. The van der Waals surface area contributed by atoms with Gasteiger partial charge in [-0.2, -0.15) is 0 Å². The van der Waals surface area contributed by atoms with Crippen LogP contribution in [0.1, 0.15) is 16.8 Å². The topological polar surface area (TPSA) is 51.1 Å². The molecule has 0 saturated carbocycles. The fraction of sp³-hybridized carbons (Fsp3) is 0.120. The minimum absolute atomic E-state index is 0.293. The number of nitrogens with one attached hydrogen (secondary N) is 1. The van der Waals surface area contributed by atoms with Crippen molar-refractivity contribution in [3.05, 3.63) is 108 Å². The molecule has 0 aliphatic heterocycles. The van der Waals surface area contributed by atoms with E-state index in [4.69, 9.17) is 0 Å². The van der Waals surface area contributed by atoms with Gasteiger partial charge in [-0.15, -0.1) is 0 Å². The highest BCUT2D eigenvalue weighted by Gasteiger charge is 2.29. The van der Waals surface area contributed by atoms with E-state index in [1.807, 2.05) is 85.1 Å². The highest BCUT2D eigenvalue weighted by atomic mass is 32.2. The summed E-state index contributed by atoms with van der Waals surface area (Å²) in [6, 6.07) is 28.3. The van der Waals surface area contributed by atoms with Gasteiger partial charge in [0, 0.05) is 17.9 Å². The quantitative estimate of drug-likeness (QED) is 0.437. The third-order valence-electron chi connectivity index (χ3n) is 5.32. The van der Waals surface area contributed by atoms with E-state index < -0.39 is 9.84 Å². The number of rotatable bonds is 6. The van der Waals surface area contributed by atoms with Gasteiger partial charge in [0.1, 0.15) is 10.7 Å². The third kappa shape index (κ3) is 3.76. The lowest BCUT2D eigenvalue weighted by atomic mass is 10.2. The Labute approximate surface area is 177 Å². The fourth-order valence-corrected chi connectivity index (χ4v) is 5.34. The van der Waals surface area contributed by atoms with Gasteiger partial charge in [-0.1, -0.05) is 66.7 Å². The van der Waals surface area contributed by atoms with Crippen LogP contribution in [0.2, 0.25) is 0 Å². The molecule has 0 spiro atoms. The molecule has 4 rings (SSSR count). The van der Waals surface area contributed by atoms with Crippen molar-refractivity contribution >= 4 is 21.3 Å². The molecule has 0 atom stereocenters. The maximum atomic E-state index is 13.6. The van der Waals surface area contributed by atoms with Crippen molar-refractivity contribution < 1.29 is 8.42 Å². The van der Waals surface area contributed by atoms with Gasteiger partial charge in [-0.3, -0.25) is 0 Å². The van der Waals surface area contributed by atoms with Gasteiger partial charge >= 0.3 is 0 Å². The predicted octanol–water partition coefficient (Wildman–Crippen LogP) is 5.73. The van der Waals surface area contributed by atoms with Crippen LogP contribution in [0, 0.1) is 13.8 Å². The first-order chi connectivity index (χ1) is 14.5. The Bertz CT molecular complexity index is 1250. The van der Waals surface area contributed by atoms with Gasteiger partial charge in [0.15, 0.2) is 0 Å². The van der Waals surface area contributed by atoms with Crippen LogP contribution < -0.4 is 5.32 Å². The Balaban J connectivity index is 1.92. The van der Waals surface area contributed by atoms with E-state index in [-0.39, 0.29) is 0 Å². The Morgan fingerprint density at radius 1 is 0.767 bits per heavy atom. The zero-order valence-electron chi connectivity index (χ0n) is 17.0. The Hall–Kier alpha value is -3.31. The number of sulfone groups is 1. The Kier molecular flexibility index (Phi) is 5.46. The van der Waals surface area contributed by atoms with Crippen molar-refractivity contribution in [3.63, 3.8) is 0 Å². The molecule has 3 aromatic carbocycles. The Morgan fingerprint density at radius 2 is 1.30 bits per heavy atom. The summed E-state index contributed by atoms with van der Waals surface area (Å²) in [5, 5.41) is 3.38. The first-order valence-electron chi connectivity index (χ1n) is 9.84. The van der Waals surface area contributed by atoms with Crippen molar-refractivity contribution in [2.75, 3.05) is 5.32 Å². The van der Waals surface area contributed by atoms with Crippen LogP contribution in [0.4, 0.5) is 11.5 Å². The number of aromatic nitrogens is 1. The van der Waals surface area contributed by atoms with Crippen LogP contribution in [-0.2, 0) is 16.4 Å². The zero-order valence-corrected chi connectivity index (χ0v) is 17.9. The van der Waals surface area contributed by atoms with Crippen LogP contribution in [0.25, 0.3) is 0 Å². The fourth-order valence-electron chi connectivity index (χ4n) is 3.63. The maximum absolute atomic E-state index is 13.6. The zero-order chi connectivity index (χ0) is 21.1. The van der Waals surface area contributed by atoms with Crippen LogP contribution >= 0.6 is 0 Å². The average Bonchev–Trinajstić information content (AvgIpc) is 3.00. The molecule has 0 unspecified atom stereocenters. The van der Waals surface area contributed by atoms with E-state index in [1.165, 1.54) is 0 Å². The molecule has 1 heterocycles. The molecule has 0 radical (unpaired) electrons. The van der Waals surface area contributed by atoms with Gasteiger partial charge in [0.05, 0.1) is 4.90 Å². The van der Waals surface area contributed by atoms with E-state index >= 15 is 0 Å². The van der Waals surface area contributed by atoms with E-state index in [9.17, 15) is 8.42 Å². The van der Waals surface area contributed by atoms with E-state index in [0.717, 1.165) is 22.5 Å². The molecule has 1 N–H and O–H groups in total. The summed E-state index contributed by atoms with van der Waals surface area (Å²) in [5.41, 5.74) is 3.63. The largest absolute Gasteiger partial charge is 0.341 e. The standard InChI is InChI=1S/C25H24N2O2S/c1-19-20(2)27(18-21-12-6-3-7-13-21)25(26-22-14-8-4-9-15-22)24(19)30(28,29)23-16-10-5-11-17-23/h3-17,26H,18H2,1-2H3. The number of para-hydroxylation sites is 1. The van der Waals surface area contributed by atoms with E-state index in [1.54, 1.807) is 24.3 Å². The number of hydrogen-bond donors (Lipinski definition) is 1. The summed E-state index contributed by atoms with van der Waals surface area (Å²) in [5.74, 6) is 0.587. The van der Waals surface area contributed by atoms with Gasteiger partial charge in [-0.05, 0) is 49.2 Å². The predicted molar refractivity (Wildman–Crippen MR) is 121 cm³/mol. The maximum Gasteiger partial charge on any atom is 0.210 e. The summed E-state index contributed by atoms with van der Waals surface area (Å²) in [6.45, 7) is 4.42. The first kappa shape index (κ1) is 20.0. The van der Waals surface area contributed by atoms with Crippen LogP contribution in [0.15, 0.2) is 101 Å². The minimum Gasteiger partial charge on any atom is -0.341 e. The van der Waals surface area contributed by atoms with Crippen molar-refractivity contribution in [2.45, 2.75) is 30.2 Å². The van der Waals surface area contributed by atoms with Gasteiger partial charge in [0.25, 0.3) is 0 Å². The number of hydrogen-bond acceptors (Lipinski definition) is 3. The summed E-state index contributed by atoms with van der Waals surface area (Å²) in [6.07, 6.45) is 0. The summed E-state index contributed by atoms with van der Waals surface area (Å²) in [7, 11) is -3.70. The molecule has 0 aliphatic rings. The molecule has 0 amide bonds. The summed E-state index contributed by atoms with van der Waals surface area (Å²) in [4.78, 5) is 0.618. The van der Waals surface area contributed by atoms with Crippen molar-refractivity contribution in [3.8, 4) is 0 Å². The van der Waals surface area contributed by atoms with Crippen molar-refractivity contribution in [1.82, 2.24) is 4.57 Å². The molecule has 1 aromatic heterocycles. The lowest BCUT2D eigenvalue weighted by Gasteiger charge is -2.15. The summed E-state index contributed by atoms with van der Waals surface area (Å²) >= 11 is 0. The molecule has 4 aromatic rings. The average molecular weight is 417 g/mol. The second-order valence-corrected chi connectivity index (χ2v) is 9.15. The lowest BCUT2D eigenvalue weighted by Crippen LogP contribution is -2.09. The first-order valence-corrected chi connectivity index (χ1v) is 11.3. The molecule has 0 fully saturated rings. The molecule has 0 aliphatic carbocycles. The second kappa shape index (κ2) is 8.20. The van der Waals surface area contributed by atoms with Crippen LogP contribution in [0.3, 0.4) is 0 Å². The second-order valence-electron chi connectivity index (χ2n) is 7.27.